The van der Waals surface area contributed by atoms with E-state index in [9.17, 15) is 0 Å². The monoisotopic (exact) mass is 349 g/mol. The Bertz CT molecular complexity index is 675. The van der Waals surface area contributed by atoms with Crippen molar-refractivity contribution < 1.29 is 0 Å². The highest BCUT2D eigenvalue weighted by Gasteiger charge is 2.12. The minimum Gasteiger partial charge on any atom is -0.388 e. The maximum Gasteiger partial charge on any atom is 0.0647 e. The second-order valence-electron chi connectivity index (χ2n) is 5.35. The average Bonchev–Trinajstić information content (AvgIpc) is 2.59. The van der Waals surface area contributed by atoms with Crippen LogP contribution >= 0.6 is 23.2 Å². The number of hydrogen-bond donors (Lipinski definition) is 3. The van der Waals surface area contributed by atoms with E-state index >= 15 is 0 Å². The van der Waals surface area contributed by atoms with E-state index in [4.69, 9.17) is 28.6 Å². The Morgan fingerprint density at radius 3 is 2.83 bits per heavy atom. The molecule has 0 bridgehead atoms. The number of nitrogens with one attached hydrogen (secondary N) is 3. The molecule has 3 N–H and O–H groups in total. The molecule has 1 aliphatic carbocycles. The molecule has 3 nitrogen and oxygen atoms in total. The predicted octanol–water partition coefficient (Wildman–Crippen LogP) is 4.74. The summed E-state index contributed by atoms with van der Waals surface area (Å²) in [4.78, 5) is 0. The van der Waals surface area contributed by atoms with Crippen molar-refractivity contribution in [2.75, 3.05) is 24.8 Å². The van der Waals surface area contributed by atoms with Crippen LogP contribution in [0.5, 0.6) is 0 Å². The van der Waals surface area contributed by atoms with Crippen molar-refractivity contribution in [2.45, 2.75) is 12.8 Å². The van der Waals surface area contributed by atoms with Crippen molar-refractivity contribution in [2.24, 2.45) is 0 Å². The molecule has 0 heterocycles. The Morgan fingerprint density at radius 1 is 1.39 bits per heavy atom. The van der Waals surface area contributed by atoms with Crippen molar-refractivity contribution in [3.63, 3.8) is 0 Å². The first-order valence-corrected chi connectivity index (χ1v) is 8.40. The Morgan fingerprint density at radius 2 is 2.17 bits per heavy atom. The third-order valence-corrected chi connectivity index (χ3v) is 4.50. The van der Waals surface area contributed by atoms with E-state index in [-0.39, 0.29) is 5.88 Å². The average molecular weight is 350 g/mol. The molecule has 1 aromatic carbocycles. The van der Waals surface area contributed by atoms with Gasteiger partial charge in [-0.1, -0.05) is 36.4 Å². The molecular weight excluding hydrogens is 329 g/mol. The summed E-state index contributed by atoms with van der Waals surface area (Å²) in [5.74, 6) is 0.174. The van der Waals surface area contributed by atoms with Gasteiger partial charge in [-0.25, -0.2) is 0 Å². The number of hydrogen-bond acceptors (Lipinski definition) is 3. The Labute approximate surface area is 147 Å². The van der Waals surface area contributed by atoms with Crippen molar-refractivity contribution in [1.82, 2.24) is 5.32 Å². The van der Waals surface area contributed by atoms with Gasteiger partial charge in [-0.3, -0.25) is 0 Å². The lowest BCUT2D eigenvalue weighted by Crippen LogP contribution is -2.13. The van der Waals surface area contributed by atoms with Crippen molar-refractivity contribution in [3.05, 3.63) is 58.7 Å². The van der Waals surface area contributed by atoms with E-state index in [1.165, 1.54) is 5.57 Å². The zero-order valence-corrected chi connectivity index (χ0v) is 14.7. The molecule has 0 saturated carbocycles. The molecule has 0 atom stereocenters. The van der Waals surface area contributed by atoms with Crippen LogP contribution in [0.3, 0.4) is 0 Å². The number of anilines is 1. The summed E-state index contributed by atoms with van der Waals surface area (Å²) in [6.45, 7) is 4.64. The molecule has 2 rings (SSSR count). The van der Waals surface area contributed by atoms with Gasteiger partial charge >= 0.3 is 0 Å². The molecular formula is C18H21Cl2N3. The number of rotatable bonds is 7. The van der Waals surface area contributed by atoms with E-state index in [0.29, 0.717) is 12.3 Å². The molecule has 0 aliphatic heterocycles. The van der Waals surface area contributed by atoms with Gasteiger partial charge < -0.3 is 16.0 Å². The minimum atomic E-state index is 0.174. The second kappa shape index (κ2) is 8.23. The summed E-state index contributed by atoms with van der Waals surface area (Å²) in [6.07, 6.45) is 5.99. The van der Waals surface area contributed by atoms with Gasteiger partial charge in [0.1, 0.15) is 0 Å². The topological polar surface area (TPSA) is 47.9 Å². The van der Waals surface area contributed by atoms with Crippen LogP contribution in [0, 0.1) is 5.41 Å². The summed E-state index contributed by atoms with van der Waals surface area (Å²) in [5.41, 5.74) is 5.04. The lowest BCUT2D eigenvalue weighted by molar-refractivity contribution is 0.928. The van der Waals surface area contributed by atoms with Gasteiger partial charge in [0, 0.05) is 35.6 Å². The zero-order chi connectivity index (χ0) is 16.8. The number of halogens is 2. The van der Waals surface area contributed by atoms with Gasteiger partial charge in [0.2, 0.25) is 0 Å². The van der Waals surface area contributed by atoms with E-state index < -0.39 is 0 Å². The summed E-state index contributed by atoms with van der Waals surface area (Å²) >= 11 is 12.1. The van der Waals surface area contributed by atoms with Gasteiger partial charge in [-0.05, 0) is 36.1 Å². The third kappa shape index (κ3) is 4.40. The number of alkyl halides is 1. The van der Waals surface area contributed by atoms with E-state index in [1.54, 1.807) is 0 Å². The first-order valence-electron chi connectivity index (χ1n) is 7.49. The first-order chi connectivity index (χ1) is 11.1. The first kappa shape index (κ1) is 17.6. The highest BCUT2D eigenvalue weighted by molar-refractivity contribution is 6.32. The quantitative estimate of drug-likeness (QED) is 0.491. The SMILES string of the molecule is C=C(NC)c1ccc(C(=N)CCl)c(NCC2=C(Cl)C=CCC2)c1. The van der Waals surface area contributed by atoms with Crippen LogP contribution in [-0.2, 0) is 0 Å². The molecule has 0 radical (unpaired) electrons. The van der Waals surface area contributed by atoms with E-state index in [1.807, 2.05) is 31.3 Å². The molecule has 1 aliphatic rings. The van der Waals surface area contributed by atoms with Gasteiger partial charge in [-0.2, -0.15) is 0 Å². The molecule has 122 valence electrons. The molecule has 23 heavy (non-hydrogen) atoms. The summed E-state index contributed by atoms with van der Waals surface area (Å²) in [6, 6.07) is 5.83. The molecule has 1 aromatic rings. The van der Waals surface area contributed by atoms with Gasteiger partial charge in [0.15, 0.2) is 0 Å². The Balaban J connectivity index is 2.28. The molecule has 0 spiro atoms. The fourth-order valence-electron chi connectivity index (χ4n) is 2.41. The Kier molecular flexibility index (Phi) is 6.31. The van der Waals surface area contributed by atoms with Crippen LogP contribution < -0.4 is 10.6 Å². The van der Waals surface area contributed by atoms with Gasteiger partial charge in [0.25, 0.3) is 0 Å². The number of benzene rings is 1. The largest absolute Gasteiger partial charge is 0.388 e. The van der Waals surface area contributed by atoms with Crippen LogP contribution in [0.25, 0.3) is 5.70 Å². The molecule has 0 unspecified atom stereocenters. The Hall–Kier alpha value is -1.71. The highest BCUT2D eigenvalue weighted by Crippen LogP contribution is 2.25. The molecule has 0 amide bonds. The molecule has 0 saturated heterocycles. The maximum absolute atomic E-state index is 8.05. The molecule has 0 fully saturated rings. The lowest BCUT2D eigenvalue weighted by atomic mass is 10.0. The van der Waals surface area contributed by atoms with Crippen molar-refractivity contribution in [3.8, 4) is 0 Å². The van der Waals surface area contributed by atoms with Crippen molar-refractivity contribution >= 4 is 40.3 Å². The van der Waals surface area contributed by atoms with Crippen LogP contribution in [0.4, 0.5) is 5.69 Å². The third-order valence-electron chi connectivity index (χ3n) is 3.84. The second-order valence-corrected chi connectivity index (χ2v) is 6.02. The molecule has 0 aromatic heterocycles. The van der Waals surface area contributed by atoms with Crippen LogP contribution in [0.1, 0.15) is 24.0 Å². The van der Waals surface area contributed by atoms with Crippen molar-refractivity contribution in [1.29, 1.82) is 5.41 Å². The maximum atomic E-state index is 8.05. The fraction of sp³-hybridized carbons (Fsp3) is 0.278. The standard InChI is InChI=1S/C18H21Cl2N3/c1-12(22-2)13-7-8-15(17(21)10-19)18(9-13)23-11-14-5-3-4-6-16(14)20/h4,6-9,21-23H,1,3,5,10-11H2,2H3. The van der Waals surface area contributed by atoms with E-state index in [0.717, 1.165) is 40.4 Å². The smallest absolute Gasteiger partial charge is 0.0647 e. The molecule has 5 heteroatoms. The van der Waals surface area contributed by atoms with Crippen LogP contribution in [0.15, 0.2) is 47.5 Å². The fourth-order valence-corrected chi connectivity index (χ4v) is 2.81. The lowest BCUT2D eigenvalue weighted by Gasteiger charge is -2.17. The highest BCUT2D eigenvalue weighted by atomic mass is 35.5. The zero-order valence-electron chi connectivity index (χ0n) is 13.2. The van der Waals surface area contributed by atoms with Gasteiger partial charge in [0.05, 0.1) is 11.6 Å². The van der Waals surface area contributed by atoms with Crippen LogP contribution in [-0.4, -0.2) is 25.2 Å². The predicted molar refractivity (Wildman–Crippen MR) is 102 cm³/mol. The summed E-state index contributed by atoms with van der Waals surface area (Å²) in [5, 5.41) is 15.3. The van der Waals surface area contributed by atoms with Gasteiger partial charge in [-0.15, -0.1) is 11.6 Å². The van der Waals surface area contributed by atoms with Crippen LogP contribution in [0.2, 0.25) is 0 Å². The summed E-state index contributed by atoms with van der Waals surface area (Å²) < 4.78 is 0. The van der Waals surface area contributed by atoms with E-state index in [2.05, 4.69) is 23.3 Å². The summed E-state index contributed by atoms with van der Waals surface area (Å²) in [7, 11) is 1.84. The normalized spacial score (nSPS) is 13.9. The minimum absolute atomic E-state index is 0.174. The number of allylic oxidation sites excluding steroid dienone is 3.